The van der Waals surface area contributed by atoms with Crippen molar-refractivity contribution in [2.75, 3.05) is 31.1 Å². The summed E-state index contributed by atoms with van der Waals surface area (Å²) in [6.45, 7) is 11.5. The maximum absolute atomic E-state index is 13.8. The normalized spacial score (nSPS) is 15.3. The highest BCUT2D eigenvalue weighted by Crippen LogP contribution is 2.29. The van der Waals surface area contributed by atoms with Crippen LogP contribution < -0.4 is 4.90 Å². The molecule has 0 radical (unpaired) electrons. The van der Waals surface area contributed by atoms with Crippen LogP contribution in [0.25, 0.3) is 0 Å². The first-order valence-corrected chi connectivity index (χ1v) is 13.4. The van der Waals surface area contributed by atoms with Crippen molar-refractivity contribution < 1.29 is 12.8 Å². The van der Waals surface area contributed by atoms with Gasteiger partial charge in [-0.05, 0) is 69.9 Å². The zero-order valence-corrected chi connectivity index (χ0v) is 21.9. The second-order valence-electron chi connectivity index (χ2n) is 9.44. The minimum absolute atomic E-state index is 0.271. The van der Waals surface area contributed by atoms with E-state index in [-0.39, 0.29) is 5.82 Å². The molecule has 1 aliphatic rings. The van der Waals surface area contributed by atoms with Gasteiger partial charge in [0.15, 0.2) is 0 Å². The van der Waals surface area contributed by atoms with Crippen molar-refractivity contribution in [1.82, 2.24) is 14.3 Å². The Kier molecular flexibility index (Phi) is 7.24. The van der Waals surface area contributed by atoms with Gasteiger partial charge in [0.25, 0.3) is 0 Å². The van der Waals surface area contributed by atoms with Crippen molar-refractivity contribution in [3.8, 4) is 0 Å². The van der Waals surface area contributed by atoms with E-state index >= 15 is 0 Å². The molecule has 2 heterocycles. The van der Waals surface area contributed by atoms with Crippen molar-refractivity contribution in [2.45, 2.75) is 52.4 Å². The first-order chi connectivity index (χ1) is 16.6. The Morgan fingerprint density at radius 1 is 0.914 bits per heavy atom. The molecule has 3 aromatic rings. The topological polar surface area (TPSA) is 66.4 Å². The number of anilines is 1. The van der Waals surface area contributed by atoms with Gasteiger partial charge < -0.3 is 4.90 Å². The van der Waals surface area contributed by atoms with E-state index in [9.17, 15) is 12.8 Å². The Balaban J connectivity index is 1.63. The zero-order chi connectivity index (χ0) is 25.3. The summed E-state index contributed by atoms with van der Waals surface area (Å²) in [5.41, 5.74) is 5.28. The fourth-order valence-corrected chi connectivity index (χ4v) is 6.97. The van der Waals surface area contributed by atoms with Gasteiger partial charge in [-0.1, -0.05) is 29.8 Å². The quantitative estimate of drug-likeness (QED) is 0.515. The van der Waals surface area contributed by atoms with Crippen molar-refractivity contribution >= 4 is 15.8 Å². The van der Waals surface area contributed by atoms with Crippen LogP contribution in [0.4, 0.5) is 10.2 Å². The molecule has 8 heteroatoms. The molecule has 0 atom stereocenters. The molecule has 35 heavy (non-hydrogen) atoms. The average molecular weight is 497 g/mol. The fourth-order valence-electron chi connectivity index (χ4n) is 5.09. The number of halogens is 1. The summed E-state index contributed by atoms with van der Waals surface area (Å²) < 4.78 is 42.7. The van der Waals surface area contributed by atoms with Gasteiger partial charge in [-0.3, -0.25) is 0 Å². The van der Waals surface area contributed by atoms with E-state index in [1.807, 2.05) is 52.8 Å². The zero-order valence-electron chi connectivity index (χ0n) is 21.1. The first-order valence-electron chi connectivity index (χ1n) is 12.0. The third-order valence-corrected chi connectivity index (χ3v) is 8.74. The number of benzene rings is 2. The van der Waals surface area contributed by atoms with E-state index in [1.165, 1.54) is 12.1 Å². The average Bonchev–Trinajstić information content (AvgIpc) is 3.01. The lowest BCUT2D eigenvalue weighted by molar-refractivity contribution is 0.432. The maximum atomic E-state index is 13.8. The molecular weight excluding hydrogens is 463 g/mol. The minimum Gasteiger partial charge on any atom is -0.355 e. The van der Waals surface area contributed by atoms with E-state index in [2.05, 4.69) is 9.88 Å². The van der Waals surface area contributed by atoms with E-state index in [4.69, 9.17) is 4.98 Å². The van der Waals surface area contributed by atoms with Gasteiger partial charge in [0, 0.05) is 43.9 Å². The van der Waals surface area contributed by atoms with Crippen LogP contribution >= 0.6 is 0 Å². The fraction of sp³-hybridized carbons (Fsp3) is 0.407. The maximum Gasteiger partial charge on any atom is 0.243 e. The summed E-state index contributed by atoms with van der Waals surface area (Å²) in [5.74, 6) is 1.20. The molecule has 6 nitrogen and oxygen atoms in total. The lowest BCUT2D eigenvalue weighted by Gasteiger charge is -2.26. The summed E-state index contributed by atoms with van der Waals surface area (Å²) in [5, 5.41) is 0. The standard InChI is InChI=1S/C27H33FN4O2S/c1-18-14-19(2)26(20(3)15-18)35(33,34)32-11-7-10-31(12-13-32)27-25(21(4)29-22(5)30-27)17-23-8-6-9-24(28)16-23/h6,8-9,14-16H,7,10-13,17H2,1-5H3. The summed E-state index contributed by atoms with van der Waals surface area (Å²) in [6, 6.07) is 10.4. The number of rotatable bonds is 5. The van der Waals surface area contributed by atoms with Gasteiger partial charge >= 0.3 is 0 Å². The predicted octanol–water partition coefficient (Wildman–Crippen LogP) is 4.65. The van der Waals surface area contributed by atoms with Crippen molar-refractivity contribution in [3.05, 3.63) is 81.6 Å². The molecule has 186 valence electrons. The molecule has 1 aliphatic heterocycles. The lowest BCUT2D eigenvalue weighted by atomic mass is 10.0. The first kappa shape index (κ1) is 25.3. The van der Waals surface area contributed by atoms with Gasteiger partial charge in [-0.15, -0.1) is 0 Å². The number of hydrogen-bond donors (Lipinski definition) is 0. The van der Waals surface area contributed by atoms with Gasteiger partial charge in [0.05, 0.1) is 4.90 Å². The van der Waals surface area contributed by atoms with Crippen LogP contribution in [-0.2, 0) is 16.4 Å². The largest absolute Gasteiger partial charge is 0.355 e. The number of sulfonamides is 1. The Morgan fingerprint density at radius 3 is 2.31 bits per heavy atom. The smallest absolute Gasteiger partial charge is 0.243 e. The molecule has 1 saturated heterocycles. The van der Waals surface area contributed by atoms with Crippen molar-refractivity contribution in [1.29, 1.82) is 0 Å². The van der Waals surface area contributed by atoms with Gasteiger partial charge in [-0.25, -0.2) is 22.8 Å². The highest BCUT2D eigenvalue weighted by molar-refractivity contribution is 7.89. The molecule has 0 N–H and O–H groups in total. The lowest BCUT2D eigenvalue weighted by Crippen LogP contribution is -2.36. The monoisotopic (exact) mass is 496 g/mol. The molecule has 2 aromatic carbocycles. The molecule has 0 aliphatic carbocycles. The van der Waals surface area contributed by atoms with Crippen LogP contribution in [-0.4, -0.2) is 48.9 Å². The summed E-state index contributed by atoms with van der Waals surface area (Å²) in [7, 11) is -3.62. The van der Waals surface area contributed by atoms with E-state index in [0.29, 0.717) is 49.7 Å². The second-order valence-corrected chi connectivity index (χ2v) is 11.3. The Bertz CT molecular complexity index is 1330. The molecule has 0 amide bonds. The van der Waals surface area contributed by atoms with E-state index in [1.54, 1.807) is 10.4 Å². The second kappa shape index (κ2) is 10.0. The van der Waals surface area contributed by atoms with Crippen molar-refractivity contribution in [3.63, 3.8) is 0 Å². The molecule has 1 fully saturated rings. The Morgan fingerprint density at radius 2 is 1.63 bits per heavy atom. The van der Waals surface area contributed by atoms with Crippen LogP contribution in [0.1, 0.15) is 45.8 Å². The Labute approximate surface area is 207 Å². The summed E-state index contributed by atoms with van der Waals surface area (Å²) in [6.07, 6.45) is 1.20. The minimum atomic E-state index is -3.62. The van der Waals surface area contributed by atoms with Crippen LogP contribution in [0, 0.1) is 40.4 Å². The highest BCUT2D eigenvalue weighted by atomic mass is 32.2. The van der Waals surface area contributed by atoms with Crippen LogP contribution in [0.3, 0.4) is 0 Å². The number of aryl methyl sites for hydroxylation is 5. The van der Waals surface area contributed by atoms with Crippen LogP contribution in [0.2, 0.25) is 0 Å². The predicted molar refractivity (Wildman–Crippen MR) is 137 cm³/mol. The molecule has 4 rings (SSSR count). The van der Waals surface area contributed by atoms with Gasteiger partial charge in [-0.2, -0.15) is 4.31 Å². The molecular formula is C27H33FN4O2S. The highest BCUT2D eigenvalue weighted by Gasteiger charge is 2.30. The van der Waals surface area contributed by atoms with Crippen molar-refractivity contribution in [2.24, 2.45) is 0 Å². The summed E-state index contributed by atoms with van der Waals surface area (Å²) >= 11 is 0. The van der Waals surface area contributed by atoms with Crippen LogP contribution in [0.5, 0.6) is 0 Å². The molecule has 0 unspecified atom stereocenters. The number of nitrogens with zero attached hydrogens (tertiary/aromatic N) is 4. The molecule has 0 spiro atoms. The van der Waals surface area contributed by atoms with Gasteiger partial charge in [0.1, 0.15) is 17.5 Å². The van der Waals surface area contributed by atoms with E-state index in [0.717, 1.165) is 39.3 Å². The number of hydrogen-bond acceptors (Lipinski definition) is 5. The third-order valence-electron chi connectivity index (χ3n) is 6.53. The third kappa shape index (κ3) is 5.38. The molecule has 1 aromatic heterocycles. The van der Waals surface area contributed by atoms with Crippen LogP contribution in [0.15, 0.2) is 41.3 Å². The van der Waals surface area contributed by atoms with Gasteiger partial charge in [0.2, 0.25) is 10.0 Å². The molecule has 0 saturated carbocycles. The van der Waals surface area contributed by atoms with E-state index < -0.39 is 10.0 Å². The SMILES string of the molecule is Cc1cc(C)c(S(=O)(=O)N2CCCN(c3nc(C)nc(C)c3Cc3cccc(F)c3)CC2)c(C)c1. The number of aromatic nitrogens is 2. The molecule has 0 bridgehead atoms. The summed E-state index contributed by atoms with van der Waals surface area (Å²) in [4.78, 5) is 11.9. The Hall–Kier alpha value is -2.84.